The Morgan fingerprint density at radius 2 is 2.22 bits per heavy atom. The van der Waals surface area contributed by atoms with E-state index in [0.717, 1.165) is 6.42 Å². The van der Waals surface area contributed by atoms with Crippen molar-refractivity contribution in [2.45, 2.75) is 19.4 Å². The molecule has 0 aromatic heterocycles. The van der Waals surface area contributed by atoms with Crippen LogP contribution in [0.4, 0.5) is 0 Å². The molecule has 2 rings (SSSR count). The Labute approximate surface area is 111 Å². The number of β-amino-alcohol motifs (C(OH)–C–C–N with tert-alkyl or cyclic N) is 1. The second-order valence-corrected chi connectivity index (χ2v) is 5.16. The number of halogens is 1. The Bertz CT molecular complexity index is 464. The lowest BCUT2D eigenvalue weighted by molar-refractivity contribution is 0.0248. The van der Waals surface area contributed by atoms with Crippen LogP contribution in [0.3, 0.4) is 0 Å². The first-order valence-electron chi connectivity index (χ1n) is 5.95. The van der Waals surface area contributed by atoms with Crippen LogP contribution in [-0.2, 0) is 0 Å². The number of rotatable bonds is 1. The average Bonchev–Trinajstić information content (AvgIpc) is 2.35. The van der Waals surface area contributed by atoms with Gasteiger partial charge in [0.15, 0.2) is 0 Å². The number of carbonyl (C=O) groups is 1. The molecule has 18 heavy (non-hydrogen) atoms. The van der Waals surface area contributed by atoms with Gasteiger partial charge in [0.1, 0.15) is 5.75 Å². The molecule has 1 aliphatic heterocycles. The van der Waals surface area contributed by atoms with Crippen LogP contribution >= 0.6 is 11.6 Å². The fourth-order valence-corrected chi connectivity index (χ4v) is 2.24. The lowest BCUT2D eigenvalue weighted by atomic mass is 9.95. The summed E-state index contributed by atoms with van der Waals surface area (Å²) >= 11 is 5.78. The summed E-state index contributed by atoms with van der Waals surface area (Å²) in [5.74, 6) is 0.0147. The molecule has 1 aromatic carbocycles. The summed E-state index contributed by atoms with van der Waals surface area (Å²) in [5, 5.41) is 19.3. The highest BCUT2D eigenvalue weighted by Crippen LogP contribution is 2.25. The zero-order chi connectivity index (χ0) is 13.3. The molecular formula is C13H16ClNO3. The van der Waals surface area contributed by atoms with E-state index in [9.17, 15) is 15.0 Å². The van der Waals surface area contributed by atoms with E-state index in [2.05, 4.69) is 0 Å². The van der Waals surface area contributed by atoms with Gasteiger partial charge in [-0.1, -0.05) is 18.5 Å². The molecule has 2 N–H and O–H groups in total. The van der Waals surface area contributed by atoms with E-state index in [4.69, 9.17) is 11.6 Å². The van der Waals surface area contributed by atoms with Crippen molar-refractivity contribution in [3.63, 3.8) is 0 Å². The number of aliphatic hydroxyl groups is 1. The SMILES string of the molecule is CC1CCN(C(=O)c2ccc(O)c(Cl)c2)CC1O. The molecular weight excluding hydrogens is 254 g/mol. The number of aliphatic hydroxyl groups excluding tert-OH is 1. The van der Waals surface area contributed by atoms with E-state index in [1.54, 1.807) is 4.90 Å². The van der Waals surface area contributed by atoms with Gasteiger partial charge in [-0.3, -0.25) is 4.79 Å². The van der Waals surface area contributed by atoms with Crippen LogP contribution in [0.15, 0.2) is 18.2 Å². The van der Waals surface area contributed by atoms with Crippen molar-refractivity contribution >= 4 is 17.5 Å². The molecule has 98 valence electrons. The van der Waals surface area contributed by atoms with Crippen LogP contribution in [0.1, 0.15) is 23.7 Å². The Balaban J connectivity index is 2.14. The summed E-state index contributed by atoms with van der Waals surface area (Å²) in [5.41, 5.74) is 0.430. The van der Waals surface area contributed by atoms with Crippen molar-refractivity contribution in [3.05, 3.63) is 28.8 Å². The summed E-state index contributed by atoms with van der Waals surface area (Å²) in [4.78, 5) is 13.8. The minimum absolute atomic E-state index is 0.0412. The number of phenols is 1. The van der Waals surface area contributed by atoms with Crippen LogP contribution in [0.25, 0.3) is 0 Å². The van der Waals surface area contributed by atoms with Gasteiger partial charge < -0.3 is 15.1 Å². The van der Waals surface area contributed by atoms with E-state index < -0.39 is 6.10 Å². The van der Waals surface area contributed by atoms with Gasteiger partial charge in [0.2, 0.25) is 0 Å². The maximum Gasteiger partial charge on any atom is 0.253 e. The highest BCUT2D eigenvalue weighted by atomic mass is 35.5. The Hall–Kier alpha value is -1.26. The predicted molar refractivity (Wildman–Crippen MR) is 68.8 cm³/mol. The summed E-state index contributed by atoms with van der Waals surface area (Å²) in [6.45, 7) is 2.96. The standard InChI is InChI=1S/C13H16ClNO3/c1-8-4-5-15(7-12(8)17)13(18)9-2-3-11(16)10(14)6-9/h2-3,6,8,12,16-17H,4-5,7H2,1H3. The number of carbonyl (C=O) groups excluding carboxylic acids is 1. The quantitative estimate of drug-likeness (QED) is 0.818. The van der Waals surface area contributed by atoms with Gasteiger partial charge in [-0.15, -0.1) is 0 Å². The molecule has 2 unspecified atom stereocenters. The van der Waals surface area contributed by atoms with Gasteiger partial charge in [-0.05, 0) is 30.5 Å². The van der Waals surface area contributed by atoms with E-state index in [-0.39, 0.29) is 22.6 Å². The summed E-state index contributed by atoms with van der Waals surface area (Å²) in [7, 11) is 0. The Morgan fingerprint density at radius 3 is 2.83 bits per heavy atom. The second kappa shape index (κ2) is 5.16. The van der Waals surface area contributed by atoms with Crippen molar-refractivity contribution in [2.75, 3.05) is 13.1 Å². The van der Waals surface area contributed by atoms with Crippen molar-refractivity contribution in [1.82, 2.24) is 4.90 Å². The van der Waals surface area contributed by atoms with E-state index in [1.165, 1.54) is 18.2 Å². The van der Waals surface area contributed by atoms with Crippen molar-refractivity contribution in [1.29, 1.82) is 0 Å². The molecule has 1 heterocycles. The minimum Gasteiger partial charge on any atom is -0.506 e. The van der Waals surface area contributed by atoms with Gasteiger partial charge in [0, 0.05) is 18.7 Å². The predicted octanol–water partition coefficient (Wildman–Crippen LogP) is 1.89. The maximum atomic E-state index is 12.2. The highest BCUT2D eigenvalue weighted by Gasteiger charge is 2.27. The largest absolute Gasteiger partial charge is 0.506 e. The van der Waals surface area contributed by atoms with E-state index in [1.807, 2.05) is 6.92 Å². The van der Waals surface area contributed by atoms with Gasteiger partial charge in [-0.2, -0.15) is 0 Å². The molecule has 0 radical (unpaired) electrons. The van der Waals surface area contributed by atoms with Crippen molar-refractivity contribution in [2.24, 2.45) is 5.92 Å². The van der Waals surface area contributed by atoms with Gasteiger partial charge in [0.25, 0.3) is 5.91 Å². The van der Waals surface area contributed by atoms with Crippen LogP contribution in [-0.4, -0.2) is 40.2 Å². The average molecular weight is 270 g/mol. The molecule has 2 atom stereocenters. The smallest absolute Gasteiger partial charge is 0.253 e. The number of hydrogen-bond acceptors (Lipinski definition) is 3. The number of nitrogens with zero attached hydrogens (tertiary/aromatic N) is 1. The zero-order valence-electron chi connectivity index (χ0n) is 10.1. The van der Waals surface area contributed by atoms with Crippen molar-refractivity contribution < 1.29 is 15.0 Å². The molecule has 0 bridgehead atoms. The van der Waals surface area contributed by atoms with Crippen molar-refractivity contribution in [3.8, 4) is 5.75 Å². The minimum atomic E-state index is -0.477. The molecule has 0 saturated carbocycles. The number of likely N-dealkylation sites (tertiary alicyclic amines) is 1. The van der Waals surface area contributed by atoms with Crippen LogP contribution in [0.5, 0.6) is 5.75 Å². The highest BCUT2D eigenvalue weighted by molar-refractivity contribution is 6.32. The first kappa shape index (κ1) is 13.2. The molecule has 0 spiro atoms. The second-order valence-electron chi connectivity index (χ2n) is 4.75. The van der Waals surface area contributed by atoms with Crippen LogP contribution in [0, 0.1) is 5.92 Å². The number of phenolic OH excluding ortho intramolecular Hbond substituents is 1. The fraction of sp³-hybridized carbons (Fsp3) is 0.462. The summed E-state index contributed by atoms with van der Waals surface area (Å²) < 4.78 is 0. The molecule has 1 fully saturated rings. The summed E-state index contributed by atoms with van der Waals surface area (Å²) in [6.07, 6.45) is 0.314. The Kier molecular flexibility index (Phi) is 3.78. The molecule has 1 saturated heterocycles. The molecule has 1 aliphatic rings. The van der Waals surface area contributed by atoms with Crippen LogP contribution in [0.2, 0.25) is 5.02 Å². The molecule has 5 heteroatoms. The molecule has 4 nitrogen and oxygen atoms in total. The molecule has 1 amide bonds. The molecule has 0 aliphatic carbocycles. The third-order valence-corrected chi connectivity index (χ3v) is 3.70. The first-order chi connectivity index (χ1) is 8.49. The number of piperidine rings is 1. The summed E-state index contributed by atoms with van der Waals surface area (Å²) in [6, 6.07) is 4.39. The number of aromatic hydroxyl groups is 1. The third kappa shape index (κ3) is 2.60. The van der Waals surface area contributed by atoms with Gasteiger partial charge >= 0.3 is 0 Å². The van der Waals surface area contributed by atoms with E-state index >= 15 is 0 Å². The maximum absolute atomic E-state index is 12.2. The zero-order valence-corrected chi connectivity index (χ0v) is 10.9. The number of hydrogen-bond donors (Lipinski definition) is 2. The number of amides is 1. The monoisotopic (exact) mass is 269 g/mol. The fourth-order valence-electron chi connectivity index (χ4n) is 2.06. The lowest BCUT2D eigenvalue weighted by Crippen LogP contribution is -2.45. The van der Waals surface area contributed by atoms with Crippen LogP contribution < -0.4 is 0 Å². The van der Waals surface area contributed by atoms with Gasteiger partial charge in [0.05, 0.1) is 11.1 Å². The van der Waals surface area contributed by atoms with E-state index in [0.29, 0.717) is 18.7 Å². The molecule has 1 aromatic rings. The van der Waals surface area contributed by atoms with Gasteiger partial charge in [-0.25, -0.2) is 0 Å². The number of benzene rings is 1. The topological polar surface area (TPSA) is 60.8 Å². The third-order valence-electron chi connectivity index (χ3n) is 3.40. The lowest BCUT2D eigenvalue weighted by Gasteiger charge is -2.34. The first-order valence-corrected chi connectivity index (χ1v) is 6.32. The normalized spacial score (nSPS) is 24.1. The Morgan fingerprint density at radius 1 is 1.50 bits per heavy atom.